The molecule has 0 amide bonds. The van der Waals surface area contributed by atoms with Crippen LogP contribution in [0.2, 0.25) is 0 Å². The number of anilines is 1. The lowest BCUT2D eigenvalue weighted by Crippen LogP contribution is -2.30. The Balaban J connectivity index is 1.48. The third kappa shape index (κ3) is 5.94. The van der Waals surface area contributed by atoms with Crippen molar-refractivity contribution >= 4 is 17.0 Å². The van der Waals surface area contributed by atoms with Crippen molar-refractivity contribution in [2.75, 3.05) is 31.6 Å². The number of hydrogen-bond donors (Lipinski definition) is 1. The number of nitrogens with zero attached hydrogens (tertiary/aromatic N) is 6. The lowest BCUT2D eigenvalue weighted by Gasteiger charge is -2.27. The molecule has 8 nitrogen and oxygen atoms in total. The van der Waals surface area contributed by atoms with Crippen LogP contribution >= 0.6 is 0 Å². The summed E-state index contributed by atoms with van der Waals surface area (Å²) in [6.45, 7) is 13.3. The van der Waals surface area contributed by atoms with Crippen molar-refractivity contribution in [1.82, 2.24) is 29.8 Å². The first-order valence-corrected chi connectivity index (χ1v) is 14.2. The Morgan fingerprint density at radius 1 is 1.12 bits per heavy atom. The molecule has 1 atom stereocenters. The Morgan fingerprint density at radius 2 is 1.95 bits per heavy atom. The van der Waals surface area contributed by atoms with Crippen LogP contribution in [-0.2, 0) is 13.1 Å². The minimum Gasteiger partial charge on any atom is -0.491 e. The lowest BCUT2D eigenvalue weighted by atomic mass is 9.99. The number of H-pyrrole nitrogens is 1. The molecule has 1 aliphatic rings. The van der Waals surface area contributed by atoms with Crippen LogP contribution in [-0.4, -0.2) is 62.7 Å². The zero-order chi connectivity index (χ0) is 28.4. The molecule has 0 aliphatic carbocycles. The average Bonchev–Trinajstić information content (AvgIpc) is 3.25. The first-order chi connectivity index (χ1) is 19.2. The molecule has 0 bridgehead atoms. The van der Waals surface area contributed by atoms with Crippen molar-refractivity contribution < 1.29 is 9.13 Å². The molecule has 9 heteroatoms. The number of imidazole rings is 1. The minimum atomic E-state index is -0.841. The number of halogens is 1. The van der Waals surface area contributed by atoms with E-state index in [9.17, 15) is 4.39 Å². The number of alkyl halides is 1. The number of aromatic nitrogens is 5. The van der Waals surface area contributed by atoms with Gasteiger partial charge in [-0.25, -0.2) is 24.3 Å². The number of rotatable bonds is 9. The highest BCUT2D eigenvalue weighted by molar-refractivity contribution is 5.78. The maximum atomic E-state index is 14.3. The Kier molecular flexibility index (Phi) is 8.30. The lowest BCUT2D eigenvalue weighted by molar-refractivity contribution is 0.202. The predicted molar refractivity (Wildman–Crippen MR) is 158 cm³/mol. The summed E-state index contributed by atoms with van der Waals surface area (Å²) in [7, 11) is 1.94. The monoisotopic (exact) mass is 545 g/mol. The molecule has 0 saturated heterocycles. The summed E-state index contributed by atoms with van der Waals surface area (Å²) in [5.41, 5.74) is 8.06. The molecular weight excluding hydrogens is 505 g/mol. The third-order valence-corrected chi connectivity index (χ3v) is 7.49. The second-order valence-electron chi connectivity index (χ2n) is 11.2. The molecule has 1 aromatic carbocycles. The van der Waals surface area contributed by atoms with Crippen molar-refractivity contribution in [3.63, 3.8) is 0 Å². The zero-order valence-corrected chi connectivity index (χ0v) is 24.5. The molecular formula is C31H40FN7O. The third-order valence-electron chi connectivity index (χ3n) is 7.49. The van der Waals surface area contributed by atoms with Gasteiger partial charge in [0.05, 0.1) is 24.9 Å². The van der Waals surface area contributed by atoms with Crippen molar-refractivity contribution in [2.24, 2.45) is 0 Å². The molecule has 40 heavy (non-hydrogen) atoms. The summed E-state index contributed by atoms with van der Waals surface area (Å²) in [4.78, 5) is 26.2. The molecule has 1 aliphatic heterocycles. The second kappa shape index (κ2) is 11.9. The highest BCUT2D eigenvalue weighted by Crippen LogP contribution is 2.36. The number of nitrogens with one attached hydrogen (secondary N) is 1. The quantitative estimate of drug-likeness (QED) is 0.271. The van der Waals surface area contributed by atoms with Gasteiger partial charge in [-0.1, -0.05) is 27.2 Å². The van der Waals surface area contributed by atoms with Gasteiger partial charge >= 0.3 is 0 Å². The second-order valence-corrected chi connectivity index (χ2v) is 11.2. The average molecular weight is 546 g/mol. The highest BCUT2D eigenvalue weighted by Gasteiger charge is 2.25. The van der Waals surface area contributed by atoms with E-state index in [1.165, 1.54) is 0 Å². The number of hydrogen-bond acceptors (Lipinski definition) is 7. The molecule has 0 fully saturated rings. The summed E-state index contributed by atoms with van der Waals surface area (Å²) in [5.74, 6) is 2.85. The Bertz CT molecular complexity index is 1480. The Morgan fingerprint density at radius 3 is 2.73 bits per heavy atom. The van der Waals surface area contributed by atoms with Gasteiger partial charge in [0, 0.05) is 41.7 Å². The fourth-order valence-corrected chi connectivity index (χ4v) is 5.71. The van der Waals surface area contributed by atoms with Crippen LogP contribution in [0.5, 0.6) is 5.75 Å². The smallest absolute Gasteiger partial charge is 0.177 e. The van der Waals surface area contributed by atoms with E-state index in [-0.39, 0.29) is 5.92 Å². The number of fused-ring (bicyclic) bond motifs is 2. The van der Waals surface area contributed by atoms with Gasteiger partial charge in [-0.2, -0.15) is 0 Å². The Hall–Kier alpha value is -3.59. The molecule has 4 aromatic rings. The number of aryl methyl sites for hydroxylation is 2. The van der Waals surface area contributed by atoms with E-state index in [1.54, 1.807) is 6.33 Å². The molecule has 5 rings (SSSR count). The van der Waals surface area contributed by atoms with Gasteiger partial charge in [0.2, 0.25) is 0 Å². The van der Waals surface area contributed by atoms with Crippen LogP contribution < -0.4 is 9.64 Å². The molecule has 0 radical (unpaired) electrons. The molecule has 3 aromatic heterocycles. The number of benzene rings is 1. The minimum absolute atomic E-state index is 0.255. The molecule has 0 spiro atoms. The topological polar surface area (TPSA) is 83.1 Å². The van der Waals surface area contributed by atoms with Crippen LogP contribution in [0.25, 0.3) is 22.3 Å². The zero-order valence-electron chi connectivity index (χ0n) is 24.5. The van der Waals surface area contributed by atoms with Gasteiger partial charge in [-0.05, 0) is 62.6 Å². The van der Waals surface area contributed by atoms with Crippen molar-refractivity contribution in [3.05, 3.63) is 58.9 Å². The van der Waals surface area contributed by atoms with Gasteiger partial charge in [0.25, 0.3) is 0 Å². The highest BCUT2D eigenvalue weighted by atomic mass is 19.1. The van der Waals surface area contributed by atoms with Crippen molar-refractivity contribution in [2.45, 2.75) is 72.6 Å². The molecule has 1 N–H and O–H groups in total. The van der Waals surface area contributed by atoms with Gasteiger partial charge in [0.1, 0.15) is 30.2 Å². The normalized spacial score (nSPS) is 14.5. The van der Waals surface area contributed by atoms with Crippen LogP contribution in [0.1, 0.15) is 67.7 Å². The number of pyridine rings is 1. The van der Waals surface area contributed by atoms with E-state index >= 15 is 0 Å². The maximum absolute atomic E-state index is 14.3. The van der Waals surface area contributed by atoms with E-state index in [2.05, 4.69) is 65.7 Å². The molecule has 0 saturated carbocycles. The van der Waals surface area contributed by atoms with Crippen LogP contribution in [0.3, 0.4) is 0 Å². The van der Waals surface area contributed by atoms with Gasteiger partial charge < -0.3 is 14.6 Å². The summed E-state index contributed by atoms with van der Waals surface area (Å²) < 4.78 is 20.6. The Labute approximate surface area is 236 Å². The number of ether oxygens (including phenoxy) is 1. The van der Waals surface area contributed by atoms with Crippen LogP contribution in [0.15, 0.2) is 30.7 Å². The first-order valence-electron chi connectivity index (χ1n) is 14.2. The predicted octanol–water partition coefficient (Wildman–Crippen LogP) is 6.12. The van der Waals surface area contributed by atoms with E-state index in [1.807, 2.05) is 25.1 Å². The van der Waals surface area contributed by atoms with E-state index in [0.29, 0.717) is 44.9 Å². The van der Waals surface area contributed by atoms with E-state index < -0.39 is 6.17 Å². The summed E-state index contributed by atoms with van der Waals surface area (Å²) in [6.07, 6.45) is 4.11. The van der Waals surface area contributed by atoms with Crippen molar-refractivity contribution in [3.8, 4) is 16.9 Å². The summed E-state index contributed by atoms with van der Waals surface area (Å²) in [6, 6.07) is 6.45. The van der Waals surface area contributed by atoms with Gasteiger partial charge in [-0.3, -0.25) is 4.90 Å². The van der Waals surface area contributed by atoms with Crippen LogP contribution in [0, 0.1) is 13.8 Å². The fraction of sp³-hybridized carbons (Fsp3) is 0.484. The van der Waals surface area contributed by atoms with Gasteiger partial charge in [-0.15, -0.1) is 0 Å². The largest absolute Gasteiger partial charge is 0.491 e. The molecule has 4 heterocycles. The van der Waals surface area contributed by atoms with Crippen molar-refractivity contribution in [1.29, 1.82) is 0 Å². The summed E-state index contributed by atoms with van der Waals surface area (Å²) >= 11 is 0. The van der Waals surface area contributed by atoms with E-state index in [4.69, 9.17) is 14.7 Å². The SMILES string of the molecule is CCCC(F)CN(C)Cc1nc(C)c(C(C)C)c(N2CCOc3c(C)cc(-c4cnc5nc[nH]c5c4)cc3C2)n1. The first kappa shape index (κ1) is 28.0. The van der Waals surface area contributed by atoms with E-state index in [0.717, 1.165) is 62.8 Å². The fourth-order valence-electron chi connectivity index (χ4n) is 5.71. The maximum Gasteiger partial charge on any atom is 0.177 e. The number of aromatic amines is 1. The molecule has 212 valence electrons. The summed E-state index contributed by atoms with van der Waals surface area (Å²) in [5, 5.41) is 0. The molecule has 1 unspecified atom stereocenters. The van der Waals surface area contributed by atoms with Gasteiger partial charge in [0.15, 0.2) is 5.65 Å². The standard InChI is InChI=1S/C31H40FN7O/c1-7-8-25(32)16-38(6)17-27-36-21(5)28(19(2)3)31(37-27)39-9-10-40-29-20(4)11-22(12-24(29)15-39)23-13-26-30(33-14-23)35-18-34-26/h11-14,18-19,25H,7-10,15-17H2,1-6H3,(H,33,34,35). The van der Waals surface area contributed by atoms with Crippen LogP contribution in [0.4, 0.5) is 10.2 Å².